The third kappa shape index (κ3) is 3.70. The normalized spacial score (nSPS) is 13.3. The van der Waals surface area contributed by atoms with Crippen LogP contribution in [-0.2, 0) is 18.4 Å². The van der Waals surface area contributed by atoms with Gasteiger partial charge in [-0.3, -0.25) is 9.48 Å². The van der Waals surface area contributed by atoms with Crippen LogP contribution in [0, 0.1) is 12.8 Å². The highest BCUT2D eigenvalue weighted by molar-refractivity contribution is 6.01. The monoisotopic (exact) mass is 267 g/mol. The molecule has 0 saturated heterocycles. The van der Waals surface area contributed by atoms with Gasteiger partial charge in [-0.05, 0) is 13.3 Å². The molecule has 0 aromatic carbocycles. The van der Waals surface area contributed by atoms with E-state index in [0.29, 0.717) is 13.0 Å². The molecule has 1 unspecified atom stereocenters. The fourth-order valence-electron chi connectivity index (χ4n) is 1.79. The van der Waals surface area contributed by atoms with Gasteiger partial charge in [0.05, 0.1) is 12.1 Å². The second-order valence-corrected chi connectivity index (χ2v) is 4.46. The van der Waals surface area contributed by atoms with Gasteiger partial charge in [-0.2, -0.15) is 5.10 Å². The highest BCUT2D eigenvalue weighted by atomic mass is 16.4. The van der Waals surface area contributed by atoms with Crippen molar-refractivity contribution in [2.24, 2.45) is 23.9 Å². The number of hydrogen-bond donors (Lipinski definition) is 3. The Labute approximate surface area is 112 Å². The average Bonchev–Trinajstić information content (AvgIpc) is 2.72. The van der Waals surface area contributed by atoms with E-state index in [9.17, 15) is 4.79 Å². The maximum atomic E-state index is 12.0. The quantitative estimate of drug-likeness (QED) is 0.302. The summed E-state index contributed by atoms with van der Waals surface area (Å²) >= 11 is 0. The predicted octanol–water partition coefficient (Wildman–Crippen LogP) is 0.507. The summed E-state index contributed by atoms with van der Waals surface area (Å²) in [5, 5.41) is 18.5. The van der Waals surface area contributed by atoms with Crippen LogP contribution in [0.3, 0.4) is 0 Å². The van der Waals surface area contributed by atoms with Gasteiger partial charge in [0, 0.05) is 24.8 Å². The zero-order valence-electron chi connectivity index (χ0n) is 11.6. The van der Waals surface area contributed by atoms with Crippen LogP contribution in [-0.4, -0.2) is 26.7 Å². The fourth-order valence-corrected chi connectivity index (χ4v) is 1.79. The zero-order chi connectivity index (χ0) is 14.4. The highest BCUT2D eigenvalue weighted by Gasteiger charge is 2.22. The van der Waals surface area contributed by atoms with E-state index in [1.165, 1.54) is 0 Å². The molecule has 19 heavy (non-hydrogen) atoms. The minimum absolute atomic E-state index is 0.0535. The molecule has 1 atom stereocenters. The molecule has 106 valence electrons. The summed E-state index contributed by atoms with van der Waals surface area (Å²) in [6.07, 6.45) is 3.04. The van der Waals surface area contributed by atoms with Crippen molar-refractivity contribution < 1.29 is 10.0 Å². The van der Waals surface area contributed by atoms with Gasteiger partial charge in [-0.15, -0.1) is 0 Å². The predicted molar refractivity (Wildman–Crippen MR) is 71.6 cm³/mol. The minimum atomic E-state index is -0.591. The molecule has 0 aliphatic rings. The number of aromatic nitrogens is 2. The molecule has 7 heteroatoms. The molecule has 1 aromatic rings. The maximum absolute atomic E-state index is 12.0. The number of oxime groups is 1. The van der Waals surface area contributed by atoms with Crippen molar-refractivity contribution in [1.29, 1.82) is 0 Å². The SMILES string of the molecule is CCCC(C(=O)NCc1cnn(C)c1C)C(N)=NO. The Balaban J connectivity index is 2.65. The number of rotatable bonds is 6. The summed E-state index contributed by atoms with van der Waals surface area (Å²) in [4.78, 5) is 12.0. The maximum Gasteiger partial charge on any atom is 0.231 e. The molecular weight excluding hydrogens is 246 g/mol. The number of amides is 1. The van der Waals surface area contributed by atoms with E-state index in [-0.39, 0.29) is 11.7 Å². The van der Waals surface area contributed by atoms with Gasteiger partial charge in [0.2, 0.25) is 5.91 Å². The Morgan fingerprint density at radius 1 is 1.68 bits per heavy atom. The third-order valence-corrected chi connectivity index (χ3v) is 3.16. The Morgan fingerprint density at radius 3 is 2.84 bits per heavy atom. The standard InChI is InChI=1S/C12H21N5O2/c1-4-5-10(11(13)16-19)12(18)14-6-9-7-15-17(3)8(9)2/h7,10,19H,4-6H2,1-3H3,(H2,13,16)(H,14,18). The Morgan fingerprint density at radius 2 is 2.37 bits per heavy atom. The summed E-state index contributed by atoms with van der Waals surface area (Å²) in [6, 6.07) is 0. The summed E-state index contributed by atoms with van der Waals surface area (Å²) < 4.78 is 1.74. The fraction of sp³-hybridized carbons (Fsp3) is 0.583. The molecule has 1 heterocycles. The van der Waals surface area contributed by atoms with Crippen molar-refractivity contribution in [3.05, 3.63) is 17.5 Å². The van der Waals surface area contributed by atoms with Gasteiger partial charge in [0.15, 0.2) is 5.84 Å². The van der Waals surface area contributed by atoms with E-state index in [1.54, 1.807) is 10.9 Å². The van der Waals surface area contributed by atoms with Gasteiger partial charge in [-0.25, -0.2) is 0 Å². The van der Waals surface area contributed by atoms with Crippen LogP contribution in [0.5, 0.6) is 0 Å². The number of hydrogen-bond acceptors (Lipinski definition) is 4. The zero-order valence-corrected chi connectivity index (χ0v) is 11.6. The Kier molecular flexibility index (Phi) is 5.35. The van der Waals surface area contributed by atoms with Gasteiger partial charge in [0.25, 0.3) is 0 Å². The van der Waals surface area contributed by atoms with Gasteiger partial charge < -0.3 is 16.3 Å². The minimum Gasteiger partial charge on any atom is -0.409 e. The second-order valence-electron chi connectivity index (χ2n) is 4.46. The molecule has 0 aliphatic heterocycles. The first-order chi connectivity index (χ1) is 9.01. The molecular formula is C12H21N5O2. The molecule has 0 fully saturated rings. The van der Waals surface area contributed by atoms with Crippen molar-refractivity contribution in [2.45, 2.75) is 33.2 Å². The molecule has 1 rings (SSSR count). The Bertz CT molecular complexity index is 467. The van der Waals surface area contributed by atoms with Crippen LogP contribution in [0.15, 0.2) is 11.4 Å². The number of carbonyl (C=O) groups excluding carboxylic acids is 1. The molecule has 1 amide bonds. The number of nitrogens with two attached hydrogens (primary N) is 1. The van der Waals surface area contributed by atoms with Crippen LogP contribution >= 0.6 is 0 Å². The van der Waals surface area contributed by atoms with Crippen molar-refractivity contribution >= 4 is 11.7 Å². The van der Waals surface area contributed by atoms with E-state index < -0.39 is 5.92 Å². The van der Waals surface area contributed by atoms with Crippen molar-refractivity contribution in [2.75, 3.05) is 0 Å². The first kappa shape index (κ1) is 15.0. The van der Waals surface area contributed by atoms with E-state index in [0.717, 1.165) is 17.7 Å². The van der Waals surface area contributed by atoms with E-state index in [2.05, 4.69) is 15.6 Å². The molecule has 7 nitrogen and oxygen atoms in total. The first-order valence-electron chi connectivity index (χ1n) is 6.23. The van der Waals surface area contributed by atoms with Gasteiger partial charge in [0.1, 0.15) is 0 Å². The van der Waals surface area contributed by atoms with Crippen LogP contribution in [0.1, 0.15) is 31.0 Å². The summed E-state index contributed by atoms with van der Waals surface area (Å²) in [7, 11) is 1.84. The largest absolute Gasteiger partial charge is 0.409 e. The second kappa shape index (κ2) is 6.77. The average molecular weight is 267 g/mol. The lowest BCUT2D eigenvalue weighted by atomic mass is 10.0. The number of nitrogens with one attached hydrogen (secondary N) is 1. The third-order valence-electron chi connectivity index (χ3n) is 3.16. The molecule has 0 saturated carbocycles. The Hall–Kier alpha value is -2.05. The molecule has 0 aliphatic carbocycles. The van der Waals surface area contributed by atoms with E-state index in [4.69, 9.17) is 10.9 Å². The molecule has 0 spiro atoms. The number of aryl methyl sites for hydroxylation is 1. The smallest absolute Gasteiger partial charge is 0.231 e. The summed E-state index contributed by atoms with van der Waals surface area (Å²) in [5.74, 6) is -0.880. The lowest BCUT2D eigenvalue weighted by Gasteiger charge is -2.14. The van der Waals surface area contributed by atoms with Gasteiger partial charge >= 0.3 is 0 Å². The van der Waals surface area contributed by atoms with E-state index in [1.807, 2.05) is 20.9 Å². The molecule has 1 aromatic heterocycles. The van der Waals surface area contributed by atoms with Crippen LogP contribution < -0.4 is 11.1 Å². The number of carbonyl (C=O) groups is 1. The van der Waals surface area contributed by atoms with Crippen LogP contribution in [0.4, 0.5) is 0 Å². The number of amidine groups is 1. The topological polar surface area (TPSA) is 106 Å². The summed E-state index contributed by atoms with van der Waals surface area (Å²) in [6.45, 7) is 4.26. The van der Waals surface area contributed by atoms with E-state index >= 15 is 0 Å². The molecule has 4 N–H and O–H groups in total. The highest BCUT2D eigenvalue weighted by Crippen LogP contribution is 2.09. The van der Waals surface area contributed by atoms with Gasteiger partial charge in [-0.1, -0.05) is 18.5 Å². The van der Waals surface area contributed by atoms with Crippen molar-refractivity contribution in [3.63, 3.8) is 0 Å². The molecule has 0 radical (unpaired) electrons. The number of nitrogens with zero attached hydrogens (tertiary/aromatic N) is 3. The van der Waals surface area contributed by atoms with Crippen LogP contribution in [0.2, 0.25) is 0 Å². The molecule has 0 bridgehead atoms. The van der Waals surface area contributed by atoms with Crippen molar-refractivity contribution in [1.82, 2.24) is 15.1 Å². The van der Waals surface area contributed by atoms with Crippen molar-refractivity contribution in [3.8, 4) is 0 Å². The lowest BCUT2D eigenvalue weighted by molar-refractivity contribution is -0.123. The van der Waals surface area contributed by atoms with Crippen LogP contribution in [0.25, 0.3) is 0 Å². The summed E-state index contributed by atoms with van der Waals surface area (Å²) in [5.41, 5.74) is 7.48. The lowest BCUT2D eigenvalue weighted by Crippen LogP contribution is -2.38. The first-order valence-corrected chi connectivity index (χ1v) is 6.23.